The number of carbonyl (C=O) groups excluding carboxylic acids is 1. The predicted molar refractivity (Wildman–Crippen MR) is 110 cm³/mol. The van der Waals surface area contributed by atoms with E-state index in [0.717, 1.165) is 0 Å². The SMILES string of the molecule is COc1cn(CC(=O)Nc2cccc([N+](=O)[O-])c2)c(CSc2nncn2C)cc1=O. The summed E-state index contributed by atoms with van der Waals surface area (Å²) < 4.78 is 8.41. The average Bonchev–Trinajstić information content (AvgIpc) is 3.12. The number of non-ortho nitro benzene ring substituents is 1. The number of hydrogen-bond acceptors (Lipinski definition) is 8. The Hall–Kier alpha value is -3.67. The molecule has 0 radical (unpaired) electrons. The van der Waals surface area contributed by atoms with Crippen molar-refractivity contribution in [3.05, 3.63) is 68.9 Å². The van der Waals surface area contributed by atoms with Crippen LogP contribution in [0.3, 0.4) is 0 Å². The van der Waals surface area contributed by atoms with Crippen LogP contribution in [0.5, 0.6) is 5.75 Å². The van der Waals surface area contributed by atoms with Crippen molar-refractivity contribution in [1.29, 1.82) is 0 Å². The van der Waals surface area contributed by atoms with Crippen LogP contribution in [-0.4, -0.2) is 37.3 Å². The number of nitro benzene ring substituents is 1. The number of nitrogens with one attached hydrogen (secondary N) is 1. The van der Waals surface area contributed by atoms with E-state index in [1.54, 1.807) is 28.6 Å². The van der Waals surface area contributed by atoms with E-state index in [2.05, 4.69) is 15.5 Å². The minimum Gasteiger partial charge on any atom is -0.491 e. The van der Waals surface area contributed by atoms with Crippen LogP contribution in [-0.2, 0) is 24.1 Å². The molecule has 0 aliphatic carbocycles. The molecule has 0 spiro atoms. The Morgan fingerprint density at radius 3 is 2.83 bits per heavy atom. The zero-order chi connectivity index (χ0) is 21.7. The maximum atomic E-state index is 12.5. The third-order valence-corrected chi connectivity index (χ3v) is 5.14. The van der Waals surface area contributed by atoms with Crippen LogP contribution in [0, 0.1) is 10.1 Å². The van der Waals surface area contributed by atoms with E-state index in [4.69, 9.17) is 4.74 Å². The van der Waals surface area contributed by atoms with Gasteiger partial charge in [0.25, 0.3) is 5.69 Å². The van der Waals surface area contributed by atoms with Crippen LogP contribution in [0.2, 0.25) is 0 Å². The molecule has 0 fully saturated rings. The summed E-state index contributed by atoms with van der Waals surface area (Å²) in [7, 11) is 3.17. The van der Waals surface area contributed by atoms with Crippen LogP contribution >= 0.6 is 11.8 Å². The number of nitro groups is 1. The van der Waals surface area contributed by atoms with Gasteiger partial charge in [0.15, 0.2) is 10.9 Å². The summed E-state index contributed by atoms with van der Waals surface area (Å²) >= 11 is 1.36. The lowest BCUT2D eigenvalue weighted by atomic mass is 10.2. The third kappa shape index (κ3) is 5.03. The standard InChI is InChI=1S/C18H18N6O5S/c1-22-11-19-21-18(22)30-10-14-7-15(25)16(29-2)8-23(14)9-17(26)20-12-4-3-5-13(6-12)24(27)28/h3-8,11H,9-10H2,1-2H3,(H,20,26). The van der Waals surface area contributed by atoms with Gasteiger partial charge in [-0.3, -0.25) is 19.7 Å². The van der Waals surface area contributed by atoms with Crippen molar-refractivity contribution in [3.8, 4) is 5.75 Å². The molecule has 0 atom stereocenters. The van der Waals surface area contributed by atoms with Gasteiger partial charge in [0.2, 0.25) is 11.3 Å². The number of aryl methyl sites for hydroxylation is 1. The molecular formula is C18H18N6O5S. The molecule has 12 heteroatoms. The van der Waals surface area contributed by atoms with Gasteiger partial charge in [-0.1, -0.05) is 17.8 Å². The molecule has 0 bridgehead atoms. The summed E-state index contributed by atoms with van der Waals surface area (Å²) in [6, 6.07) is 7.06. The first-order valence-electron chi connectivity index (χ1n) is 8.66. The largest absolute Gasteiger partial charge is 0.491 e. The van der Waals surface area contributed by atoms with Crippen LogP contribution in [0.4, 0.5) is 11.4 Å². The zero-order valence-corrected chi connectivity index (χ0v) is 17.0. The van der Waals surface area contributed by atoms with Crippen molar-refractivity contribution in [2.24, 2.45) is 7.05 Å². The van der Waals surface area contributed by atoms with E-state index >= 15 is 0 Å². The van der Waals surface area contributed by atoms with Crippen molar-refractivity contribution in [1.82, 2.24) is 19.3 Å². The molecule has 0 aliphatic heterocycles. The zero-order valence-electron chi connectivity index (χ0n) is 16.1. The Balaban J connectivity index is 1.80. The smallest absolute Gasteiger partial charge is 0.271 e. The summed E-state index contributed by atoms with van der Waals surface area (Å²) in [6.07, 6.45) is 3.03. The van der Waals surface area contributed by atoms with E-state index in [-0.39, 0.29) is 23.4 Å². The topological polar surface area (TPSA) is 134 Å². The summed E-state index contributed by atoms with van der Waals surface area (Å²) in [4.78, 5) is 35.1. The van der Waals surface area contributed by atoms with Crippen molar-refractivity contribution >= 4 is 29.0 Å². The number of amides is 1. The normalized spacial score (nSPS) is 10.6. The molecule has 3 aromatic rings. The molecule has 0 unspecified atom stereocenters. The van der Waals surface area contributed by atoms with Gasteiger partial charge in [0, 0.05) is 42.4 Å². The highest BCUT2D eigenvalue weighted by Crippen LogP contribution is 2.21. The lowest BCUT2D eigenvalue weighted by molar-refractivity contribution is -0.384. The summed E-state index contributed by atoms with van der Waals surface area (Å²) in [5.41, 5.74) is 0.459. The van der Waals surface area contributed by atoms with Gasteiger partial charge < -0.3 is 19.2 Å². The van der Waals surface area contributed by atoms with Gasteiger partial charge in [-0.15, -0.1) is 10.2 Å². The number of aromatic nitrogens is 4. The number of hydrogen-bond donors (Lipinski definition) is 1. The second kappa shape index (κ2) is 9.22. The number of benzene rings is 1. The van der Waals surface area contributed by atoms with Crippen molar-refractivity contribution in [2.75, 3.05) is 12.4 Å². The molecule has 11 nitrogen and oxygen atoms in total. The van der Waals surface area contributed by atoms with E-state index in [1.807, 2.05) is 0 Å². The molecule has 2 aromatic heterocycles. The molecular weight excluding hydrogens is 412 g/mol. The maximum Gasteiger partial charge on any atom is 0.271 e. The Labute approximate surface area is 174 Å². The molecule has 0 saturated heterocycles. The van der Waals surface area contributed by atoms with E-state index < -0.39 is 10.8 Å². The quantitative estimate of drug-likeness (QED) is 0.325. The summed E-state index contributed by atoms with van der Waals surface area (Å²) in [5, 5.41) is 22.0. The first-order valence-corrected chi connectivity index (χ1v) is 9.64. The van der Waals surface area contributed by atoms with Crippen LogP contribution in [0.15, 0.2) is 52.8 Å². The molecule has 1 amide bonds. The summed E-state index contributed by atoms with van der Waals surface area (Å²) in [6.45, 7) is -0.117. The van der Waals surface area contributed by atoms with Crippen LogP contribution < -0.4 is 15.5 Å². The summed E-state index contributed by atoms with van der Waals surface area (Å²) in [5.74, 6) is 0.0622. The van der Waals surface area contributed by atoms with Crippen molar-refractivity contribution in [3.63, 3.8) is 0 Å². The molecule has 156 valence electrons. The Kier molecular flexibility index (Phi) is 6.47. The number of ether oxygens (including phenoxy) is 1. The van der Waals surface area contributed by atoms with Gasteiger partial charge in [0.1, 0.15) is 12.9 Å². The fourth-order valence-electron chi connectivity index (χ4n) is 2.61. The fraction of sp³-hybridized carbons (Fsp3) is 0.222. The van der Waals surface area contributed by atoms with Gasteiger partial charge in [-0.05, 0) is 6.07 Å². The lowest BCUT2D eigenvalue weighted by Gasteiger charge is -2.14. The Morgan fingerprint density at radius 2 is 2.17 bits per heavy atom. The molecule has 2 heterocycles. The number of nitrogens with zero attached hydrogens (tertiary/aromatic N) is 5. The third-order valence-electron chi connectivity index (χ3n) is 4.08. The molecule has 0 aliphatic rings. The second-order valence-corrected chi connectivity index (χ2v) is 7.14. The minimum atomic E-state index is -0.538. The number of rotatable bonds is 8. The van der Waals surface area contributed by atoms with E-state index in [0.29, 0.717) is 22.3 Å². The van der Waals surface area contributed by atoms with Gasteiger partial charge >= 0.3 is 0 Å². The maximum absolute atomic E-state index is 12.5. The Morgan fingerprint density at radius 1 is 1.37 bits per heavy atom. The van der Waals surface area contributed by atoms with Crippen molar-refractivity contribution in [2.45, 2.75) is 17.5 Å². The predicted octanol–water partition coefficient (Wildman–Crippen LogP) is 1.82. The van der Waals surface area contributed by atoms with E-state index in [9.17, 15) is 19.7 Å². The van der Waals surface area contributed by atoms with Gasteiger partial charge in [0.05, 0.1) is 18.2 Å². The monoisotopic (exact) mass is 430 g/mol. The molecule has 0 saturated carbocycles. The second-order valence-electron chi connectivity index (χ2n) is 6.19. The fourth-order valence-corrected chi connectivity index (χ4v) is 3.49. The number of carbonyl (C=O) groups is 1. The Bertz CT molecular complexity index is 1140. The first-order chi connectivity index (χ1) is 14.4. The lowest BCUT2D eigenvalue weighted by Crippen LogP contribution is -2.22. The number of thioether (sulfide) groups is 1. The first kappa shape index (κ1) is 21.0. The van der Waals surface area contributed by atoms with Crippen LogP contribution in [0.1, 0.15) is 5.69 Å². The van der Waals surface area contributed by atoms with E-state index in [1.165, 1.54) is 49.3 Å². The molecule has 3 rings (SSSR count). The molecule has 30 heavy (non-hydrogen) atoms. The van der Waals surface area contributed by atoms with Gasteiger partial charge in [-0.25, -0.2) is 0 Å². The number of pyridine rings is 1. The number of anilines is 1. The van der Waals surface area contributed by atoms with Crippen LogP contribution in [0.25, 0.3) is 0 Å². The average molecular weight is 430 g/mol. The van der Waals surface area contributed by atoms with Crippen molar-refractivity contribution < 1.29 is 14.5 Å². The molecule has 1 aromatic carbocycles. The minimum absolute atomic E-state index is 0.102. The number of methoxy groups -OCH3 is 1. The molecule has 1 N–H and O–H groups in total. The highest BCUT2D eigenvalue weighted by atomic mass is 32.2. The highest BCUT2D eigenvalue weighted by Gasteiger charge is 2.14. The highest BCUT2D eigenvalue weighted by molar-refractivity contribution is 7.98. The van der Waals surface area contributed by atoms with Gasteiger partial charge in [-0.2, -0.15) is 0 Å².